The lowest BCUT2D eigenvalue weighted by atomic mass is 10.6. The van der Waals surface area contributed by atoms with E-state index in [0.717, 1.165) is 13.1 Å². The first-order valence-corrected chi connectivity index (χ1v) is 3.75. The van der Waals surface area contributed by atoms with Gasteiger partial charge in [-0.05, 0) is 0 Å². The van der Waals surface area contributed by atoms with Gasteiger partial charge in [-0.3, -0.25) is 4.68 Å². The molecule has 5 heteroatoms. The predicted molar refractivity (Wildman–Crippen MR) is 46.3 cm³/mol. The Hall–Kier alpha value is -1.07. The van der Waals surface area contributed by atoms with E-state index in [0.29, 0.717) is 5.69 Å². The highest BCUT2D eigenvalue weighted by Crippen LogP contribution is 1.97. The van der Waals surface area contributed by atoms with E-state index in [4.69, 9.17) is 10.6 Å². The monoisotopic (exact) mass is 170 g/mol. The zero-order chi connectivity index (χ0) is 8.97. The second-order valence-electron chi connectivity index (χ2n) is 2.57. The Morgan fingerprint density at radius 2 is 2.50 bits per heavy atom. The molecule has 5 nitrogen and oxygen atoms in total. The number of rotatable bonds is 4. The molecule has 0 unspecified atom stereocenters. The fourth-order valence-electron chi connectivity index (χ4n) is 0.836. The van der Waals surface area contributed by atoms with E-state index < -0.39 is 0 Å². The number of nitrogens with zero attached hydrogens (tertiary/aromatic N) is 3. The third-order valence-electron chi connectivity index (χ3n) is 1.61. The molecule has 12 heavy (non-hydrogen) atoms. The van der Waals surface area contributed by atoms with Gasteiger partial charge in [0.25, 0.3) is 0 Å². The quantitative estimate of drug-likeness (QED) is 0.644. The maximum atomic E-state index is 5.49. The van der Waals surface area contributed by atoms with E-state index in [-0.39, 0.29) is 0 Å². The first kappa shape index (κ1) is 9.02. The highest BCUT2D eigenvalue weighted by molar-refractivity contribution is 5.30. The molecule has 68 valence electrons. The summed E-state index contributed by atoms with van der Waals surface area (Å²) in [6.07, 6.45) is 3.43. The van der Waals surface area contributed by atoms with Crippen molar-refractivity contribution in [3.63, 3.8) is 0 Å². The lowest BCUT2D eigenvalue weighted by Gasteiger charge is -2.12. The molecular formula is C7H14N4O. The Bertz CT molecular complexity index is 235. The lowest BCUT2D eigenvalue weighted by Crippen LogP contribution is -2.22. The number of nitrogen functional groups attached to an aromatic ring is 1. The van der Waals surface area contributed by atoms with Gasteiger partial charge in [0, 0.05) is 19.8 Å². The largest absolute Gasteiger partial charge is 0.396 e. The number of hydrogen-bond donors (Lipinski definition) is 1. The predicted octanol–water partition coefficient (Wildman–Crippen LogP) is -0.0415. The van der Waals surface area contributed by atoms with Crippen molar-refractivity contribution in [2.75, 3.05) is 26.4 Å². The molecule has 0 bridgehead atoms. The Morgan fingerprint density at radius 3 is 3.00 bits per heavy atom. The van der Waals surface area contributed by atoms with E-state index in [2.05, 4.69) is 5.10 Å². The third-order valence-corrected chi connectivity index (χ3v) is 1.61. The van der Waals surface area contributed by atoms with Crippen molar-refractivity contribution in [3.8, 4) is 0 Å². The standard InChI is InChI=1S/C7H14N4O/c1-10(12-2)3-4-11-6-7(8)5-9-11/h5-6H,3-4,8H2,1-2H3. The van der Waals surface area contributed by atoms with Gasteiger partial charge in [0.2, 0.25) is 0 Å². The maximum Gasteiger partial charge on any atom is 0.0719 e. The zero-order valence-electron chi connectivity index (χ0n) is 7.40. The normalized spacial score (nSPS) is 10.9. The van der Waals surface area contributed by atoms with Crippen molar-refractivity contribution in [3.05, 3.63) is 12.4 Å². The van der Waals surface area contributed by atoms with Crippen molar-refractivity contribution >= 4 is 5.69 Å². The van der Waals surface area contributed by atoms with Crippen LogP contribution in [0.25, 0.3) is 0 Å². The molecule has 1 aromatic rings. The van der Waals surface area contributed by atoms with E-state index in [1.165, 1.54) is 0 Å². The number of anilines is 1. The molecule has 1 aromatic heterocycles. The zero-order valence-corrected chi connectivity index (χ0v) is 7.40. The van der Waals surface area contributed by atoms with Gasteiger partial charge >= 0.3 is 0 Å². The summed E-state index contributed by atoms with van der Waals surface area (Å²) in [4.78, 5) is 4.94. The van der Waals surface area contributed by atoms with Gasteiger partial charge in [0.1, 0.15) is 0 Å². The number of nitrogens with two attached hydrogens (primary N) is 1. The maximum absolute atomic E-state index is 5.49. The van der Waals surface area contributed by atoms with Crippen LogP contribution in [0.15, 0.2) is 12.4 Å². The van der Waals surface area contributed by atoms with Gasteiger partial charge in [0.05, 0.1) is 25.5 Å². The van der Waals surface area contributed by atoms with Crippen LogP contribution in [0.2, 0.25) is 0 Å². The van der Waals surface area contributed by atoms with E-state index in [9.17, 15) is 0 Å². The van der Waals surface area contributed by atoms with Crippen molar-refractivity contribution in [1.82, 2.24) is 14.8 Å². The number of hydroxylamine groups is 2. The summed E-state index contributed by atoms with van der Waals surface area (Å²) in [5.74, 6) is 0. The smallest absolute Gasteiger partial charge is 0.0719 e. The molecule has 0 spiro atoms. The Labute approximate surface area is 71.7 Å². The first-order chi connectivity index (χ1) is 5.72. The summed E-state index contributed by atoms with van der Waals surface area (Å²) < 4.78 is 1.78. The number of likely N-dealkylation sites (N-methyl/N-ethyl adjacent to an activating group) is 1. The second-order valence-corrected chi connectivity index (χ2v) is 2.57. The molecule has 0 atom stereocenters. The van der Waals surface area contributed by atoms with Gasteiger partial charge in [0.15, 0.2) is 0 Å². The topological polar surface area (TPSA) is 56.3 Å². The highest BCUT2D eigenvalue weighted by atomic mass is 16.7. The molecule has 0 saturated heterocycles. The minimum absolute atomic E-state index is 0.690. The summed E-state index contributed by atoms with van der Waals surface area (Å²) >= 11 is 0. The van der Waals surface area contributed by atoms with Gasteiger partial charge in [-0.15, -0.1) is 0 Å². The molecule has 0 amide bonds. The van der Waals surface area contributed by atoms with Crippen LogP contribution < -0.4 is 5.73 Å². The molecule has 1 heterocycles. The van der Waals surface area contributed by atoms with Crippen LogP contribution in [-0.4, -0.2) is 35.5 Å². The van der Waals surface area contributed by atoms with Crippen molar-refractivity contribution in [1.29, 1.82) is 0 Å². The number of aromatic nitrogens is 2. The second kappa shape index (κ2) is 4.08. The SMILES string of the molecule is CON(C)CCn1cc(N)cn1. The average molecular weight is 170 g/mol. The summed E-state index contributed by atoms with van der Waals surface area (Å²) in [6, 6.07) is 0. The summed E-state index contributed by atoms with van der Waals surface area (Å²) in [7, 11) is 3.50. The van der Waals surface area contributed by atoms with Gasteiger partial charge in [-0.2, -0.15) is 10.2 Å². The van der Waals surface area contributed by atoms with Crippen molar-refractivity contribution in [2.45, 2.75) is 6.54 Å². The summed E-state index contributed by atoms with van der Waals surface area (Å²) in [5.41, 5.74) is 6.18. The molecule has 0 aliphatic carbocycles. The molecule has 0 radical (unpaired) electrons. The van der Waals surface area contributed by atoms with Gasteiger partial charge in [-0.1, -0.05) is 0 Å². The summed E-state index contributed by atoms with van der Waals surface area (Å²) in [6.45, 7) is 1.57. The van der Waals surface area contributed by atoms with Crippen LogP contribution in [0, 0.1) is 0 Å². The minimum atomic E-state index is 0.690. The molecule has 0 aliphatic rings. The van der Waals surface area contributed by atoms with Crippen LogP contribution in [0.1, 0.15) is 0 Å². The summed E-state index contributed by atoms with van der Waals surface area (Å²) in [5, 5.41) is 5.77. The molecule has 1 rings (SSSR count). The fraction of sp³-hybridized carbons (Fsp3) is 0.571. The number of hydrogen-bond acceptors (Lipinski definition) is 4. The molecular weight excluding hydrogens is 156 g/mol. The van der Waals surface area contributed by atoms with E-state index in [1.807, 2.05) is 7.05 Å². The molecule has 0 aromatic carbocycles. The van der Waals surface area contributed by atoms with Crippen molar-refractivity contribution in [2.24, 2.45) is 0 Å². The Kier molecular flexibility index (Phi) is 3.07. The van der Waals surface area contributed by atoms with E-state index >= 15 is 0 Å². The Morgan fingerprint density at radius 1 is 1.75 bits per heavy atom. The minimum Gasteiger partial charge on any atom is -0.396 e. The third kappa shape index (κ3) is 2.52. The molecule has 0 aliphatic heterocycles. The van der Waals surface area contributed by atoms with Crippen molar-refractivity contribution < 1.29 is 4.84 Å². The van der Waals surface area contributed by atoms with Crippen LogP contribution in [-0.2, 0) is 11.4 Å². The first-order valence-electron chi connectivity index (χ1n) is 3.75. The van der Waals surface area contributed by atoms with Crippen LogP contribution in [0.4, 0.5) is 5.69 Å². The highest BCUT2D eigenvalue weighted by Gasteiger charge is 1.97. The molecule has 0 fully saturated rings. The van der Waals surface area contributed by atoms with Crippen LogP contribution in [0.3, 0.4) is 0 Å². The Balaban J connectivity index is 2.33. The average Bonchev–Trinajstić information content (AvgIpc) is 2.47. The van der Waals surface area contributed by atoms with Crippen LogP contribution in [0.5, 0.6) is 0 Å². The van der Waals surface area contributed by atoms with E-state index in [1.54, 1.807) is 29.2 Å². The van der Waals surface area contributed by atoms with Gasteiger partial charge < -0.3 is 10.6 Å². The fourth-order valence-corrected chi connectivity index (χ4v) is 0.836. The molecule has 2 N–H and O–H groups in total. The lowest BCUT2D eigenvalue weighted by molar-refractivity contribution is -0.111. The molecule has 0 saturated carbocycles. The van der Waals surface area contributed by atoms with Gasteiger partial charge in [-0.25, -0.2) is 0 Å². The van der Waals surface area contributed by atoms with Crippen LogP contribution >= 0.6 is 0 Å².